The van der Waals surface area contributed by atoms with E-state index in [-0.39, 0.29) is 5.82 Å². The third kappa shape index (κ3) is 2.93. The van der Waals surface area contributed by atoms with Crippen molar-refractivity contribution in [2.24, 2.45) is 0 Å². The Morgan fingerprint density at radius 3 is 2.74 bits per heavy atom. The fourth-order valence-electron chi connectivity index (χ4n) is 1.78. The average Bonchev–Trinajstić information content (AvgIpc) is 2.41. The first kappa shape index (κ1) is 13.1. The summed E-state index contributed by atoms with van der Waals surface area (Å²) in [5, 5.41) is 0. The van der Waals surface area contributed by atoms with Gasteiger partial charge in [-0.15, -0.1) is 0 Å². The van der Waals surface area contributed by atoms with Crippen LogP contribution < -0.4 is 15.2 Å². The summed E-state index contributed by atoms with van der Waals surface area (Å²) >= 11 is 0. The number of pyridine rings is 1. The summed E-state index contributed by atoms with van der Waals surface area (Å²) in [5.41, 5.74) is 6.32. The number of nitrogens with two attached hydrogens (primary N) is 1. The van der Waals surface area contributed by atoms with Gasteiger partial charge >= 0.3 is 0 Å². The standard InChI is InChI=1S/C14H15FN2O2/c1-9(19-13-4-3-7-17-14(13)16)11-8-10(15)5-6-12(11)18-2/h3-9H,1-2H3,(H2,16,17). The number of rotatable bonds is 4. The van der Waals surface area contributed by atoms with Gasteiger partial charge in [-0.3, -0.25) is 0 Å². The minimum Gasteiger partial charge on any atom is -0.496 e. The number of hydrogen-bond donors (Lipinski definition) is 1. The van der Waals surface area contributed by atoms with E-state index < -0.39 is 6.10 Å². The molecule has 0 spiro atoms. The molecular weight excluding hydrogens is 247 g/mol. The number of hydrogen-bond acceptors (Lipinski definition) is 4. The molecule has 0 aliphatic rings. The molecule has 2 N–H and O–H groups in total. The Morgan fingerprint density at radius 2 is 2.05 bits per heavy atom. The van der Waals surface area contributed by atoms with Crippen LogP contribution in [0.1, 0.15) is 18.6 Å². The van der Waals surface area contributed by atoms with Crippen molar-refractivity contribution in [3.05, 3.63) is 47.9 Å². The molecule has 0 saturated carbocycles. The van der Waals surface area contributed by atoms with Crippen molar-refractivity contribution in [1.29, 1.82) is 0 Å². The lowest BCUT2D eigenvalue weighted by Crippen LogP contribution is -2.07. The summed E-state index contributed by atoms with van der Waals surface area (Å²) in [6.45, 7) is 1.80. The Hall–Kier alpha value is -2.30. The van der Waals surface area contributed by atoms with Gasteiger partial charge in [0.05, 0.1) is 7.11 Å². The Balaban J connectivity index is 2.27. The number of anilines is 1. The maximum Gasteiger partial charge on any atom is 0.166 e. The van der Waals surface area contributed by atoms with Crippen molar-refractivity contribution < 1.29 is 13.9 Å². The van der Waals surface area contributed by atoms with E-state index >= 15 is 0 Å². The summed E-state index contributed by atoms with van der Waals surface area (Å²) in [6.07, 6.45) is 1.17. The van der Waals surface area contributed by atoms with Gasteiger partial charge in [-0.25, -0.2) is 9.37 Å². The number of aromatic nitrogens is 1. The highest BCUT2D eigenvalue weighted by atomic mass is 19.1. The molecule has 1 heterocycles. The molecule has 1 atom stereocenters. The van der Waals surface area contributed by atoms with Crippen LogP contribution in [0.25, 0.3) is 0 Å². The van der Waals surface area contributed by atoms with Gasteiger partial charge in [0.25, 0.3) is 0 Å². The number of ether oxygens (including phenoxy) is 2. The first-order valence-electron chi connectivity index (χ1n) is 5.82. The van der Waals surface area contributed by atoms with Crippen LogP contribution in [0.3, 0.4) is 0 Å². The van der Waals surface area contributed by atoms with Crippen molar-refractivity contribution in [2.45, 2.75) is 13.0 Å². The quantitative estimate of drug-likeness (QED) is 0.920. The summed E-state index contributed by atoms with van der Waals surface area (Å²) < 4.78 is 24.2. The SMILES string of the molecule is COc1ccc(F)cc1C(C)Oc1cccnc1N. The third-order valence-corrected chi connectivity index (χ3v) is 2.73. The number of methoxy groups -OCH3 is 1. The zero-order chi connectivity index (χ0) is 13.8. The van der Waals surface area contributed by atoms with Crippen LogP contribution in [0.2, 0.25) is 0 Å². The first-order valence-corrected chi connectivity index (χ1v) is 5.82. The topological polar surface area (TPSA) is 57.4 Å². The second-order valence-electron chi connectivity index (χ2n) is 4.03. The molecule has 0 amide bonds. The molecule has 1 aromatic heterocycles. The lowest BCUT2D eigenvalue weighted by molar-refractivity contribution is 0.221. The fourth-order valence-corrected chi connectivity index (χ4v) is 1.78. The van der Waals surface area contributed by atoms with Crippen LogP contribution >= 0.6 is 0 Å². The Labute approximate surface area is 111 Å². The van der Waals surface area contributed by atoms with E-state index in [1.165, 1.54) is 19.2 Å². The Kier molecular flexibility index (Phi) is 3.85. The monoisotopic (exact) mass is 262 g/mol. The van der Waals surface area contributed by atoms with Crippen molar-refractivity contribution in [3.63, 3.8) is 0 Å². The van der Waals surface area contributed by atoms with Crippen LogP contribution in [0.4, 0.5) is 10.2 Å². The molecule has 0 saturated heterocycles. The van der Waals surface area contributed by atoms with Crippen LogP contribution in [0.5, 0.6) is 11.5 Å². The second kappa shape index (κ2) is 5.56. The number of halogens is 1. The molecule has 1 aromatic carbocycles. The lowest BCUT2D eigenvalue weighted by Gasteiger charge is -2.18. The van der Waals surface area contributed by atoms with E-state index in [1.54, 1.807) is 31.3 Å². The molecule has 0 radical (unpaired) electrons. The van der Waals surface area contributed by atoms with Crippen molar-refractivity contribution in [3.8, 4) is 11.5 Å². The van der Waals surface area contributed by atoms with Gasteiger partial charge in [-0.2, -0.15) is 0 Å². The van der Waals surface area contributed by atoms with E-state index in [2.05, 4.69) is 4.98 Å². The van der Waals surface area contributed by atoms with E-state index in [1.807, 2.05) is 0 Å². The minimum atomic E-state index is -0.405. The van der Waals surface area contributed by atoms with Gasteiger partial charge in [-0.1, -0.05) is 0 Å². The number of nitrogen functional groups attached to an aromatic ring is 1. The maximum atomic E-state index is 13.3. The molecule has 1 unspecified atom stereocenters. The molecule has 4 nitrogen and oxygen atoms in total. The molecule has 5 heteroatoms. The predicted octanol–water partition coefficient (Wildman–Crippen LogP) is 2.95. The molecule has 0 fully saturated rings. The third-order valence-electron chi connectivity index (χ3n) is 2.73. The van der Waals surface area contributed by atoms with Crippen LogP contribution in [0, 0.1) is 5.82 Å². The van der Waals surface area contributed by atoms with Crippen LogP contribution in [-0.4, -0.2) is 12.1 Å². The first-order chi connectivity index (χ1) is 9.11. The highest BCUT2D eigenvalue weighted by molar-refractivity contribution is 5.45. The van der Waals surface area contributed by atoms with Crippen molar-refractivity contribution in [1.82, 2.24) is 4.98 Å². The van der Waals surface area contributed by atoms with Gasteiger partial charge in [0.15, 0.2) is 11.6 Å². The van der Waals surface area contributed by atoms with E-state index in [0.29, 0.717) is 22.9 Å². The molecule has 2 aromatic rings. The largest absolute Gasteiger partial charge is 0.496 e. The second-order valence-corrected chi connectivity index (χ2v) is 4.03. The fraction of sp³-hybridized carbons (Fsp3) is 0.214. The summed E-state index contributed by atoms with van der Waals surface area (Å²) in [4.78, 5) is 3.93. The predicted molar refractivity (Wildman–Crippen MR) is 70.6 cm³/mol. The minimum absolute atomic E-state index is 0.296. The van der Waals surface area contributed by atoms with Crippen LogP contribution in [-0.2, 0) is 0 Å². The number of benzene rings is 1. The summed E-state index contributed by atoms with van der Waals surface area (Å²) in [6, 6.07) is 7.73. The van der Waals surface area contributed by atoms with Gasteiger partial charge in [0, 0.05) is 11.8 Å². The van der Waals surface area contributed by atoms with Gasteiger partial charge in [0.2, 0.25) is 0 Å². The number of nitrogens with zero attached hydrogens (tertiary/aromatic N) is 1. The lowest BCUT2D eigenvalue weighted by atomic mass is 10.1. The van der Waals surface area contributed by atoms with E-state index in [0.717, 1.165) is 0 Å². The molecular formula is C14H15FN2O2. The highest BCUT2D eigenvalue weighted by Crippen LogP contribution is 2.31. The molecule has 0 aliphatic carbocycles. The maximum absolute atomic E-state index is 13.3. The molecule has 0 aliphatic heterocycles. The van der Waals surface area contributed by atoms with Crippen LogP contribution in [0.15, 0.2) is 36.5 Å². The molecule has 19 heavy (non-hydrogen) atoms. The Bertz CT molecular complexity index is 575. The summed E-state index contributed by atoms with van der Waals surface area (Å²) in [7, 11) is 1.53. The van der Waals surface area contributed by atoms with Gasteiger partial charge in [-0.05, 0) is 37.3 Å². The highest BCUT2D eigenvalue weighted by Gasteiger charge is 2.15. The summed E-state index contributed by atoms with van der Waals surface area (Å²) in [5.74, 6) is 0.979. The van der Waals surface area contributed by atoms with Gasteiger partial charge < -0.3 is 15.2 Å². The van der Waals surface area contributed by atoms with Crippen molar-refractivity contribution >= 4 is 5.82 Å². The molecule has 100 valence electrons. The molecule has 2 rings (SSSR count). The average molecular weight is 262 g/mol. The van der Waals surface area contributed by atoms with E-state index in [4.69, 9.17) is 15.2 Å². The van der Waals surface area contributed by atoms with Gasteiger partial charge in [0.1, 0.15) is 17.7 Å². The Morgan fingerprint density at radius 1 is 1.26 bits per heavy atom. The smallest absolute Gasteiger partial charge is 0.166 e. The van der Waals surface area contributed by atoms with Crippen molar-refractivity contribution in [2.75, 3.05) is 12.8 Å². The normalized spacial score (nSPS) is 11.9. The zero-order valence-corrected chi connectivity index (χ0v) is 10.8. The zero-order valence-electron chi connectivity index (χ0n) is 10.8. The molecule has 0 bridgehead atoms. The van der Waals surface area contributed by atoms with E-state index in [9.17, 15) is 4.39 Å².